The third-order valence-corrected chi connectivity index (χ3v) is 5.71. The summed E-state index contributed by atoms with van der Waals surface area (Å²) in [6, 6.07) is 27.9. The quantitative estimate of drug-likeness (QED) is 0.382. The highest BCUT2D eigenvalue weighted by Gasteiger charge is 2.22. The van der Waals surface area contributed by atoms with Gasteiger partial charge in [0.05, 0.1) is 0 Å². The molecular weight excluding hydrogens is 432 g/mol. The smallest absolute Gasteiger partial charge is 0.249 e. The van der Waals surface area contributed by atoms with Gasteiger partial charge < -0.3 is 5.32 Å². The van der Waals surface area contributed by atoms with Crippen LogP contribution in [-0.4, -0.2) is 28.1 Å². The molecule has 1 heterocycles. The van der Waals surface area contributed by atoms with Crippen LogP contribution in [0.5, 0.6) is 0 Å². The van der Waals surface area contributed by atoms with Crippen molar-refractivity contribution in [2.24, 2.45) is 0 Å². The zero-order valence-corrected chi connectivity index (χ0v) is 18.5. The summed E-state index contributed by atoms with van der Waals surface area (Å²) in [6.45, 7) is 0. The average molecular weight is 455 g/mol. The van der Waals surface area contributed by atoms with E-state index in [-0.39, 0.29) is 11.8 Å². The van der Waals surface area contributed by atoms with E-state index in [9.17, 15) is 9.59 Å². The van der Waals surface area contributed by atoms with Crippen molar-refractivity contribution in [2.75, 3.05) is 5.32 Å². The molecule has 2 N–H and O–H groups in total. The molecule has 6 nitrogen and oxygen atoms in total. The number of hydrogen-bond donors (Lipinski definition) is 2. The van der Waals surface area contributed by atoms with Gasteiger partial charge in [-0.1, -0.05) is 102 Å². The van der Waals surface area contributed by atoms with Crippen LogP contribution in [0.25, 0.3) is 16.6 Å². The lowest BCUT2D eigenvalue weighted by Crippen LogP contribution is -2.44. The van der Waals surface area contributed by atoms with Gasteiger partial charge in [0.15, 0.2) is 0 Å². The molecule has 1 atom stereocenters. The van der Waals surface area contributed by atoms with E-state index in [2.05, 4.69) is 20.8 Å². The highest BCUT2D eigenvalue weighted by molar-refractivity contribution is 7.18. The lowest BCUT2D eigenvalue weighted by Gasteiger charge is -2.17. The molecule has 33 heavy (non-hydrogen) atoms. The topological polar surface area (TPSA) is 84.0 Å². The molecule has 0 saturated heterocycles. The largest absolute Gasteiger partial charge is 0.340 e. The van der Waals surface area contributed by atoms with Gasteiger partial charge in [-0.25, -0.2) is 0 Å². The number of aromatic nitrogens is 2. The van der Waals surface area contributed by atoms with Gasteiger partial charge in [0.25, 0.3) is 0 Å². The van der Waals surface area contributed by atoms with E-state index in [0.29, 0.717) is 16.6 Å². The van der Waals surface area contributed by atoms with Crippen molar-refractivity contribution >= 4 is 34.4 Å². The summed E-state index contributed by atoms with van der Waals surface area (Å²) in [5.41, 5.74) is 2.77. The maximum atomic E-state index is 13.1. The van der Waals surface area contributed by atoms with Crippen LogP contribution in [0.15, 0.2) is 97.1 Å². The molecule has 0 aliphatic heterocycles. The second-order valence-electron chi connectivity index (χ2n) is 7.26. The highest BCUT2D eigenvalue weighted by Crippen LogP contribution is 2.26. The van der Waals surface area contributed by atoms with Gasteiger partial charge >= 0.3 is 0 Å². The fourth-order valence-corrected chi connectivity index (χ4v) is 3.93. The van der Waals surface area contributed by atoms with E-state index in [1.807, 2.05) is 91.0 Å². The minimum absolute atomic E-state index is 0.349. The molecule has 0 fully saturated rings. The minimum atomic E-state index is -0.774. The summed E-state index contributed by atoms with van der Waals surface area (Å²) in [6.07, 6.45) is 3.49. The van der Waals surface area contributed by atoms with Crippen molar-refractivity contribution < 1.29 is 9.59 Å². The average Bonchev–Trinajstić information content (AvgIpc) is 3.33. The predicted molar refractivity (Wildman–Crippen MR) is 132 cm³/mol. The number of carbonyl (C=O) groups is 2. The summed E-state index contributed by atoms with van der Waals surface area (Å²) < 4.78 is 0. The monoisotopic (exact) mass is 454 g/mol. The number of anilines is 1. The number of benzene rings is 3. The Morgan fingerprint density at radius 2 is 1.48 bits per heavy atom. The van der Waals surface area contributed by atoms with Gasteiger partial charge in [-0.3, -0.25) is 14.9 Å². The standard InChI is InChI=1S/C26H22N4O2S/c31-23(17-16-19-10-4-1-5-11-19)27-22(18-20-12-6-2-7-13-20)24(32)28-26-30-29-25(33-26)21-14-8-3-9-15-21/h1-17,22H,18H2,(H,27,31)(H,28,30,32)/b17-16+. The molecular formula is C26H22N4O2S. The van der Waals surface area contributed by atoms with Crippen LogP contribution in [-0.2, 0) is 16.0 Å². The minimum Gasteiger partial charge on any atom is -0.340 e. The van der Waals surface area contributed by atoms with Crippen LogP contribution >= 0.6 is 11.3 Å². The summed E-state index contributed by atoms with van der Waals surface area (Å²) in [5.74, 6) is -0.701. The predicted octanol–water partition coefficient (Wildman–Crippen LogP) is 4.58. The van der Waals surface area contributed by atoms with Crippen molar-refractivity contribution in [3.63, 3.8) is 0 Å². The molecule has 4 aromatic rings. The van der Waals surface area contributed by atoms with Crippen LogP contribution in [0.4, 0.5) is 5.13 Å². The molecule has 4 rings (SSSR count). The van der Waals surface area contributed by atoms with Gasteiger partial charge in [-0.05, 0) is 17.2 Å². The first-order chi connectivity index (χ1) is 16.2. The Balaban J connectivity index is 1.46. The second-order valence-corrected chi connectivity index (χ2v) is 8.24. The summed E-state index contributed by atoms with van der Waals surface area (Å²) in [4.78, 5) is 25.6. The van der Waals surface area contributed by atoms with Crippen molar-refractivity contribution in [1.29, 1.82) is 0 Å². The zero-order chi connectivity index (χ0) is 22.9. The molecule has 0 saturated carbocycles. The van der Waals surface area contributed by atoms with Gasteiger partial charge in [0.1, 0.15) is 11.0 Å². The highest BCUT2D eigenvalue weighted by atomic mass is 32.1. The van der Waals surface area contributed by atoms with Crippen molar-refractivity contribution in [2.45, 2.75) is 12.5 Å². The zero-order valence-electron chi connectivity index (χ0n) is 17.7. The Bertz CT molecular complexity index is 1220. The Labute approximate surface area is 196 Å². The van der Waals surface area contributed by atoms with E-state index in [1.54, 1.807) is 6.08 Å². The Hall–Kier alpha value is -4.10. The van der Waals surface area contributed by atoms with Crippen molar-refractivity contribution in [1.82, 2.24) is 15.5 Å². The van der Waals surface area contributed by atoms with Gasteiger partial charge in [0, 0.05) is 18.1 Å². The third kappa shape index (κ3) is 6.44. The Morgan fingerprint density at radius 1 is 0.848 bits per heavy atom. The Morgan fingerprint density at radius 3 is 2.18 bits per heavy atom. The molecule has 0 bridgehead atoms. The number of nitrogens with zero attached hydrogens (tertiary/aromatic N) is 2. The first kappa shape index (κ1) is 22.1. The molecule has 3 aromatic carbocycles. The van der Waals surface area contributed by atoms with Crippen molar-refractivity contribution in [3.05, 3.63) is 108 Å². The third-order valence-electron chi connectivity index (χ3n) is 4.82. The number of hydrogen-bond acceptors (Lipinski definition) is 5. The number of amides is 2. The first-order valence-corrected chi connectivity index (χ1v) is 11.3. The maximum Gasteiger partial charge on any atom is 0.249 e. The molecule has 0 radical (unpaired) electrons. The SMILES string of the molecule is O=C(/C=C/c1ccccc1)NC(Cc1ccccc1)C(=O)Nc1nnc(-c2ccccc2)s1. The van der Waals surface area contributed by atoms with Crippen LogP contribution < -0.4 is 10.6 Å². The fourth-order valence-electron chi connectivity index (χ4n) is 3.18. The molecule has 0 aliphatic carbocycles. The van der Waals surface area contributed by atoms with Gasteiger partial charge in [-0.2, -0.15) is 0 Å². The van der Waals surface area contributed by atoms with Gasteiger partial charge in [-0.15, -0.1) is 10.2 Å². The first-order valence-electron chi connectivity index (χ1n) is 10.4. The van der Waals surface area contributed by atoms with Crippen LogP contribution in [0.3, 0.4) is 0 Å². The molecule has 2 amide bonds. The molecule has 0 spiro atoms. The molecule has 164 valence electrons. The fraction of sp³-hybridized carbons (Fsp3) is 0.0769. The maximum absolute atomic E-state index is 13.1. The number of rotatable bonds is 8. The normalized spacial score (nSPS) is 11.8. The molecule has 1 unspecified atom stereocenters. The number of nitrogens with one attached hydrogen (secondary N) is 2. The summed E-state index contributed by atoms with van der Waals surface area (Å²) in [7, 11) is 0. The lowest BCUT2D eigenvalue weighted by molar-refractivity contribution is -0.123. The molecule has 1 aromatic heterocycles. The number of carbonyl (C=O) groups excluding carboxylic acids is 2. The molecule has 7 heteroatoms. The van der Waals surface area contributed by atoms with E-state index in [4.69, 9.17) is 0 Å². The van der Waals surface area contributed by atoms with E-state index >= 15 is 0 Å². The van der Waals surface area contributed by atoms with E-state index in [0.717, 1.165) is 16.7 Å². The second kappa shape index (κ2) is 11.0. The summed E-state index contributed by atoms with van der Waals surface area (Å²) >= 11 is 1.28. The summed E-state index contributed by atoms with van der Waals surface area (Å²) in [5, 5.41) is 14.9. The van der Waals surface area contributed by atoms with Crippen LogP contribution in [0.2, 0.25) is 0 Å². The lowest BCUT2D eigenvalue weighted by atomic mass is 10.1. The van der Waals surface area contributed by atoms with Crippen LogP contribution in [0.1, 0.15) is 11.1 Å². The Kier molecular flexibility index (Phi) is 7.35. The van der Waals surface area contributed by atoms with Crippen molar-refractivity contribution in [3.8, 4) is 10.6 Å². The van der Waals surface area contributed by atoms with E-state index in [1.165, 1.54) is 17.4 Å². The van der Waals surface area contributed by atoms with E-state index < -0.39 is 6.04 Å². The van der Waals surface area contributed by atoms with Gasteiger partial charge in [0.2, 0.25) is 16.9 Å². The van der Waals surface area contributed by atoms with Crippen LogP contribution in [0, 0.1) is 0 Å². The molecule has 0 aliphatic rings.